The summed E-state index contributed by atoms with van der Waals surface area (Å²) in [6, 6.07) is 3.64. The second-order valence-corrected chi connectivity index (χ2v) is 4.94. The van der Waals surface area contributed by atoms with Crippen LogP contribution in [0.4, 0.5) is 0 Å². The Bertz CT molecular complexity index is 376. The zero-order valence-corrected chi connectivity index (χ0v) is 10.9. The molecule has 1 atom stereocenters. The number of piperidine rings is 1. The highest BCUT2D eigenvalue weighted by Gasteiger charge is 2.19. The van der Waals surface area contributed by atoms with Crippen molar-refractivity contribution in [3.8, 4) is 11.5 Å². The van der Waals surface area contributed by atoms with Crippen LogP contribution in [0.5, 0.6) is 11.5 Å². The number of phenolic OH excluding ortho intramolecular Hbond substituents is 1. The van der Waals surface area contributed by atoms with Gasteiger partial charge in [0.2, 0.25) is 0 Å². The molecule has 1 unspecified atom stereocenters. The fourth-order valence-corrected chi connectivity index (χ4v) is 2.80. The zero-order chi connectivity index (χ0) is 11.5. The van der Waals surface area contributed by atoms with Crippen LogP contribution in [0.2, 0.25) is 0 Å². The minimum atomic E-state index is 0.214. The molecule has 88 valence electrons. The lowest BCUT2D eigenvalue weighted by atomic mass is 9.91. The van der Waals surface area contributed by atoms with Gasteiger partial charge < -0.3 is 15.2 Å². The maximum atomic E-state index is 9.78. The molecule has 1 aromatic rings. The first-order valence-corrected chi connectivity index (χ1v) is 6.28. The standard InChI is InChI=1S/C12H16BrNO2/c1-16-12-6-10(13)9(5-11(12)15)8-3-2-4-14-7-8/h5-6,8,14-15H,2-4,7H2,1H3. The second-order valence-electron chi connectivity index (χ2n) is 4.09. The molecule has 1 saturated heterocycles. The van der Waals surface area contributed by atoms with Gasteiger partial charge in [0.1, 0.15) is 0 Å². The van der Waals surface area contributed by atoms with E-state index in [1.807, 2.05) is 6.07 Å². The van der Waals surface area contributed by atoms with Crippen LogP contribution in [0.15, 0.2) is 16.6 Å². The van der Waals surface area contributed by atoms with Crippen molar-refractivity contribution in [2.24, 2.45) is 0 Å². The lowest BCUT2D eigenvalue weighted by molar-refractivity contribution is 0.371. The van der Waals surface area contributed by atoms with Crippen molar-refractivity contribution in [2.75, 3.05) is 20.2 Å². The molecule has 1 aliphatic rings. The fraction of sp³-hybridized carbons (Fsp3) is 0.500. The average molecular weight is 286 g/mol. The van der Waals surface area contributed by atoms with Gasteiger partial charge in [0, 0.05) is 11.0 Å². The Labute approximate surface area is 104 Å². The first kappa shape index (κ1) is 11.7. The molecule has 0 bridgehead atoms. The summed E-state index contributed by atoms with van der Waals surface area (Å²) in [4.78, 5) is 0. The molecule has 2 N–H and O–H groups in total. The predicted molar refractivity (Wildman–Crippen MR) is 67.2 cm³/mol. The normalized spacial score (nSPS) is 20.8. The summed E-state index contributed by atoms with van der Waals surface area (Å²) >= 11 is 3.54. The van der Waals surface area contributed by atoms with Gasteiger partial charge in [-0.15, -0.1) is 0 Å². The highest BCUT2D eigenvalue weighted by Crippen LogP contribution is 2.37. The molecule has 1 aliphatic heterocycles. The number of halogens is 1. The van der Waals surface area contributed by atoms with E-state index >= 15 is 0 Å². The minimum Gasteiger partial charge on any atom is -0.504 e. The summed E-state index contributed by atoms with van der Waals surface area (Å²) in [5.41, 5.74) is 1.16. The molecule has 0 aliphatic carbocycles. The topological polar surface area (TPSA) is 41.5 Å². The monoisotopic (exact) mass is 285 g/mol. The molecule has 1 heterocycles. The summed E-state index contributed by atoms with van der Waals surface area (Å²) < 4.78 is 6.08. The van der Waals surface area contributed by atoms with E-state index in [9.17, 15) is 5.11 Å². The maximum Gasteiger partial charge on any atom is 0.161 e. The van der Waals surface area contributed by atoms with E-state index < -0.39 is 0 Å². The van der Waals surface area contributed by atoms with Gasteiger partial charge in [0.15, 0.2) is 11.5 Å². The average Bonchev–Trinajstić information content (AvgIpc) is 2.32. The van der Waals surface area contributed by atoms with Crippen LogP contribution in [0.3, 0.4) is 0 Å². The first-order chi connectivity index (χ1) is 7.72. The Morgan fingerprint density at radius 3 is 2.94 bits per heavy atom. The first-order valence-electron chi connectivity index (χ1n) is 5.49. The summed E-state index contributed by atoms with van der Waals surface area (Å²) in [5, 5.41) is 13.2. The quantitative estimate of drug-likeness (QED) is 0.878. The van der Waals surface area contributed by atoms with Crippen LogP contribution in [0.1, 0.15) is 24.3 Å². The number of hydrogen-bond donors (Lipinski definition) is 2. The van der Waals surface area contributed by atoms with E-state index in [0.717, 1.165) is 29.5 Å². The van der Waals surface area contributed by atoms with Crippen molar-refractivity contribution in [1.29, 1.82) is 0 Å². The van der Waals surface area contributed by atoms with E-state index in [1.54, 1.807) is 13.2 Å². The summed E-state index contributed by atoms with van der Waals surface area (Å²) in [5.74, 6) is 1.20. The molecule has 1 aromatic carbocycles. The Balaban J connectivity index is 2.29. The van der Waals surface area contributed by atoms with E-state index in [1.165, 1.54) is 6.42 Å². The van der Waals surface area contributed by atoms with Gasteiger partial charge >= 0.3 is 0 Å². The van der Waals surface area contributed by atoms with Gasteiger partial charge in [-0.3, -0.25) is 0 Å². The molecule has 2 rings (SSSR count). The van der Waals surface area contributed by atoms with E-state index in [2.05, 4.69) is 21.2 Å². The van der Waals surface area contributed by atoms with Gasteiger partial charge in [-0.1, -0.05) is 15.9 Å². The third-order valence-electron chi connectivity index (χ3n) is 3.03. The number of aromatic hydroxyl groups is 1. The number of rotatable bonds is 2. The number of phenols is 1. The number of hydrogen-bond acceptors (Lipinski definition) is 3. The fourth-order valence-electron chi connectivity index (χ4n) is 2.15. The van der Waals surface area contributed by atoms with Gasteiger partial charge in [-0.05, 0) is 43.0 Å². The highest BCUT2D eigenvalue weighted by molar-refractivity contribution is 9.10. The van der Waals surface area contributed by atoms with Crippen molar-refractivity contribution in [2.45, 2.75) is 18.8 Å². The van der Waals surface area contributed by atoms with Crippen LogP contribution < -0.4 is 10.1 Å². The van der Waals surface area contributed by atoms with Gasteiger partial charge in [-0.2, -0.15) is 0 Å². The number of benzene rings is 1. The highest BCUT2D eigenvalue weighted by atomic mass is 79.9. The molecule has 0 radical (unpaired) electrons. The molecule has 3 nitrogen and oxygen atoms in total. The lowest BCUT2D eigenvalue weighted by Crippen LogP contribution is -2.28. The molecule has 4 heteroatoms. The third-order valence-corrected chi connectivity index (χ3v) is 3.72. The Morgan fingerprint density at radius 2 is 2.31 bits per heavy atom. The lowest BCUT2D eigenvalue weighted by Gasteiger charge is -2.24. The third kappa shape index (κ3) is 2.33. The van der Waals surface area contributed by atoms with Crippen LogP contribution in [-0.4, -0.2) is 25.3 Å². The molecule has 0 saturated carbocycles. The Hall–Kier alpha value is -0.740. The molecule has 1 fully saturated rings. The van der Waals surface area contributed by atoms with Crippen molar-refractivity contribution < 1.29 is 9.84 Å². The van der Waals surface area contributed by atoms with Crippen molar-refractivity contribution in [3.05, 3.63) is 22.2 Å². The molecule has 0 aromatic heterocycles. The van der Waals surface area contributed by atoms with Gasteiger partial charge in [0.25, 0.3) is 0 Å². The van der Waals surface area contributed by atoms with E-state index in [0.29, 0.717) is 11.7 Å². The van der Waals surface area contributed by atoms with Crippen molar-refractivity contribution in [3.63, 3.8) is 0 Å². The molecule has 16 heavy (non-hydrogen) atoms. The summed E-state index contributed by atoms with van der Waals surface area (Å²) in [6.45, 7) is 2.07. The van der Waals surface area contributed by atoms with Crippen LogP contribution >= 0.6 is 15.9 Å². The van der Waals surface area contributed by atoms with E-state index in [4.69, 9.17) is 4.74 Å². The minimum absolute atomic E-state index is 0.214. The Morgan fingerprint density at radius 1 is 1.50 bits per heavy atom. The molecule has 0 amide bonds. The van der Waals surface area contributed by atoms with E-state index in [-0.39, 0.29) is 5.75 Å². The zero-order valence-electron chi connectivity index (χ0n) is 9.29. The number of ether oxygens (including phenoxy) is 1. The number of methoxy groups -OCH3 is 1. The van der Waals surface area contributed by atoms with Crippen molar-refractivity contribution >= 4 is 15.9 Å². The van der Waals surface area contributed by atoms with Gasteiger partial charge in [0.05, 0.1) is 7.11 Å². The van der Waals surface area contributed by atoms with Crippen LogP contribution in [0, 0.1) is 0 Å². The molecular weight excluding hydrogens is 270 g/mol. The maximum absolute atomic E-state index is 9.78. The van der Waals surface area contributed by atoms with Gasteiger partial charge in [-0.25, -0.2) is 0 Å². The van der Waals surface area contributed by atoms with Crippen molar-refractivity contribution in [1.82, 2.24) is 5.32 Å². The molecule has 0 spiro atoms. The molecular formula is C12H16BrNO2. The Kier molecular flexibility index (Phi) is 3.71. The van der Waals surface area contributed by atoms with Crippen LogP contribution in [-0.2, 0) is 0 Å². The summed E-state index contributed by atoms with van der Waals surface area (Å²) in [6.07, 6.45) is 2.35. The number of nitrogens with one attached hydrogen (secondary N) is 1. The largest absolute Gasteiger partial charge is 0.504 e. The summed E-state index contributed by atoms with van der Waals surface area (Å²) in [7, 11) is 1.56. The SMILES string of the molecule is COc1cc(Br)c(C2CCCNC2)cc1O. The second kappa shape index (κ2) is 5.06. The predicted octanol–water partition coefficient (Wildman–Crippen LogP) is 2.63. The smallest absolute Gasteiger partial charge is 0.161 e. The van der Waals surface area contributed by atoms with Crippen LogP contribution in [0.25, 0.3) is 0 Å².